The Kier molecular flexibility index (Phi) is 5.15. The summed E-state index contributed by atoms with van der Waals surface area (Å²) in [5.74, 6) is -1.47. The maximum absolute atomic E-state index is 12.6. The fourth-order valence-corrected chi connectivity index (χ4v) is 3.38. The van der Waals surface area contributed by atoms with Gasteiger partial charge in [0.2, 0.25) is 5.43 Å². The molecule has 0 radical (unpaired) electrons. The Morgan fingerprint density at radius 2 is 1.30 bits per heavy atom. The first-order chi connectivity index (χ1) is 10.9. The van der Waals surface area contributed by atoms with E-state index in [2.05, 4.69) is 0 Å². The Labute approximate surface area is 137 Å². The van der Waals surface area contributed by atoms with Crippen LogP contribution in [-0.4, -0.2) is 25.2 Å². The highest BCUT2D eigenvalue weighted by Gasteiger charge is 2.21. The van der Waals surface area contributed by atoms with E-state index in [0.717, 1.165) is 20.5 Å². The predicted octanol–water partition coefficient (Wildman–Crippen LogP) is 3.23. The summed E-state index contributed by atoms with van der Waals surface area (Å²) < 4.78 is 9.91. The number of hydrogen-bond acceptors (Lipinski definition) is 6. The molecule has 23 heavy (non-hydrogen) atoms. The lowest BCUT2D eigenvalue weighted by Gasteiger charge is -2.01. The van der Waals surface area contributed by atoms with Crippen molar-refractivity contribution in [3.8, 4) is 0 Å². The van der Waals surface area contributed by atoms with E-state index in [0.29, 0.717) is 0 Å². The van der Waals surface area contributed by atoms with E-state index in [-0.39, 0.29) is 24.3 Å². The van der Waals surface area contributed by atoms with Gasteiger partial charge in [0.1, 0.15) is 11.1 Å². The van der Waals surface area contributed by atoms with Crippen molar-refractivity contribution in [3.63, 3.8) is 0 Å². The summed E-state index contributed by atoms with van der Waals surface area (Å²) in [5, 5.41) is 1.53. The van der Waals surface area contributed by atoms with Crippen LogP contribution in [0.4, 0.5) is 0 Å². The summed E-state index contributed by atoms with van der Waals surface area (Å²) in [6, 6.07) is 3.02. The molecule has 0 aliphatic heterocycles. The van der Waals surface area contributed by atoms with Crippen LogP contribution in [0.5, 0.6) is 0 Å². The monoisotopic (exact) mass is 334 g/mol. The first kappa shape index (κ1) is 17.1. The van der Waals surface area contributed by atoms with Gasteiger partial charge in [-0.25, -0.2) is 9.59 Å². The number of fused-ring (bicyclic) bond motifs is 1. The summed E-state index contributed by atoms with van der Waals surface area (Å²) in [5.41, 5.74) is -0.960. The smallest absolute Gasteiger partial charge is 0.342 e. The van der Waals surface area contributed by atoms with Crippen molar-refractivity contribution in [1.29, 1.82) is 0 Å². The van der Waals surface area contributed by atoms with Crippen LogP contribution in [0.1, 0.15) is 44.3 Å². The van der Waals surface area contributed by atoms with Crippen molar-refractivity contribution >= 4 is 34.0 Å². The summed E-state index contributed by atoms with van der Waals surface area (Å²) in [7, 11) is 0. The molecule has 0 amide bonds. The van der Waals surface area contributed by atoms with E-state index in [1.165, 1.54) is 12.1 Å². The second-order valence-electron chi connectivity index (χ2n) is 4.93. The number of aryl methyl sites for hydroxylation is 2. The van der Waals surface area contributed by atoms with Gasteiger partial charge >= 0.3 is 11.9 Å². The third-order valence-corrected chi connectivity index (χ3v) is 4.46. The highest BCUT2D eigenvalue weighted by molar-refractivity contribution is 7.13. The van der Waals surface area contributed by atoms with Gasteiger partial charge in [0.15, 0.2) is 0 Å². The normalized spacial score (nSPS) is 10.6. The van der Waals surface area contributed by atoms with Gasteiger partial charge < -0.3 is 9.47 Å². The standard InChI is InChI=1S/C17H18O5S/c1-5-21-16(19)13-7-11-9(3)23-10(4)12(11)8-14(15(13)18)17(20)22-6-2/h7-8H,5-6H2,1-4H3. The van der Waals surface area contributed by atoms with Crippen molar-refractivity contribution in [2.75, 3.05) is 13.2 Å². The molecule has 1 aromatic carbocycles. The summed E-state index contributed by atoms with van der Waals surface area (Å²) in [6.45, 7) is 7.43. The molecule has 0 aliphatic carbocycles. The minimum Gasteiger partial charge on any atom is -0.462 e. The molecule has 5 nitrogen and oxygen atoms in total. The molecule has 0 N–H and O–H groups in total. The molecule has 0 saturated heterocycles. The van der Waals surface area contributed by atoms with Gasteiger partial charge in [0.05, 0.1) is 13.2 Å². The van der Waals surface area contributed by atoms with Crippen LogP contribution in [-0.2, 0) is 9.47 Å². The largest absolute Gasteiger partial charge is 0.462 e. The third-order valence-electron chi connectivity index (χ3n) is 3.41. The third kappa shape index (κ3) is 3.27. The minimum absolute atomic E-state index is 0.147. The van der Waals surface area contributed by atoms with E-state index in [1.54, 1.807) is 25.2 Å². The predicted molar refractivity (Wildman–Crippen MR) is 89.5 cm³/mol. The van der Waals surface area contributed by atoms with E-state index >= 15 is 0 Å². The Morgan fingerprint density at radius 3 is 1.65 bits per heavy atom. The first-order valence-electron chi connectivity index (χ1n) is 7.33. The molecule has 122 valence electrons. The fraction of sp³-hybridized carbons (Fsp3) is 0.353. The van der Waals surface area contributed by atoms with Crippen LogP contribution in [0.15, 0.2) is 16.9 Å². The molecular weight excluding hydrogens is 316 g/mol. The zero-order valence-corrected chi connectivity index (χ0v) is 14.3. The van der Waals surface area contributed by atoms with Crippen molar-refractivity contribution in [2.45, 2.75) is 27.7 Å². The molecule has 0 saturated carbocycles. The molecular formula is C17H18O5S. The number of thiophene rings is 1. The second-order valence-corrected chi connectivity index (χ2v) is 6.36. The molecule has 0 spiro atoms. The average molecular weight is 334 g/mol. The van der Waals surface area contributed by atoms with Crippen molar-refractivity contribution in [1.82, 2.24) is 0 Å². The van der Waals surface area contributed by atoms with Crippen LogP contribution in [0.25, 0.3) is 10.8 Å². The summed E-state index contributed by atoms with van der Waals surface area (Å²) in [4.78, 5) is 38.8. The van der Waals surface area contributed by atoms with E-state index in [4.69, 9.17) is 9.47 Å². The number of carbonyl (C=O) groups excluding carboxylic acids is 2. The van der Waals surface area contributed by atoms with E-state index in [9.17, 15) is 14.4 Å². The summed E-state index contributed by atoms with van der Waals surface area (Å²) >= 11 is 1.55. The van der Waals surface area contributed by atoms with Gasteiger partial charge in [-0.1, -0.05) is 0 Å². The molecule has 6 heteroatoms. The molecule has 2 rings (SSSR count). The zero-order chi connectivity index (χ0) is 17.1. The highest BCUT2D eigenvalue weighted by Crippen LogP contribution is 2.30. The lowest BCUT2D eigenvalue weighted by molar-refractivity contribution is 0.0523. The fourth-order valence-electron chi connectivity index (χ4n) is 2.36. The zero-order valence-electron chi connectivity index (χ0n) is 13.5. The molecule has 1 aromatic heterocycles. The lowest BCUT2D eigenvalue weighted by Crippen LogP contribution is -2.22. The van der Waals surface area contributed by atoms with Crippen molar-refractivity contribution in [2.24, 2.45) is 0 Å². The van der Waals surface area contributed by atoms with Gasteiger partial charge in [0, 0.05) is 9.75 Å². The SMILES string of the molecule is CCOC(=O)c1cc2c(C)sc(C)c2cc(C(=O)OCC)c1=O. The summed E-state index contributed by atoms with van der Waals surface area (Å²) in [6.07, 6.45) is 0. The Hall–Kier alpha value is -2.21. The average Bonchev–Trinajstić information content (AvgIpc) is 2.66. The molecule has 0 atom stereocenters. The van der Waals surface area contributed by atoms with Crippen LogP contribution < -0.4 is 5.43 Å². The van der Waals surface area contributed by atoms with Gasteiger partial charge in [-0.2, -0.15) is 0 Å². The van der Waals surface area contributed by atoms with E-state index in [1.807, 2.05) is 13.8 Å². The molecule has 0 aliphatic rings. The quantitative estimate of drug-likeness (QED) is 0.803. The van der Waals surface area contributed by atoms with Gasteiger partial charge in [-0.3, -0.25) is 4.79 Å². The van der Waals surface area contributed by atoms with Crippen LogP contribution >= 0.6 is 11.3 Å². The van der Waals surface area contributed by atoms with Gasteiger partial charge in [-0.15, -0.1) is 11.3 Å². The highest BCUT2D eigenvalue weighted by atomic mass is 32.1. The van der Waals surface area contributed by atoms with E-state index < -0.39 is 17.4 Å². The van der Waals surface area contributed by atoms with Crippen LogP contribution in [0.3, 0.4) is 0 Å². The lowest BCUT2D eigenvalue weighted by atomic mass is 10.2. The Bertz CT molecular complexity index is 770. The number of esters is 2. The first-order valence-corrected chi connectivity index (χ1v) is 8.14. The maximum Gasteiger partial charge on any atom is 0.342 e. The number of rotatable bonds is 4. The molecule has 1 heterocycles. The minimum atomic E-state index is -0.733. The number of carbonyl (C=O) groups is 2. The maximum atomic E-state index is 12.6. The van der Waals surface area contributed by atoms with Crippen LogP contribution in [0, 0.1) is 13.8 Å². The van der Waals surface area contributed by atoms with Gasteiger partial charge in [0.25, 0.3) is 0 Å². The molecule has 0 bridgehead atoms. The molecule has 2 aromatic rings. The van der Waals surface area contributed by atoms with Crippen molar-refractivity contribution in [3.05, 3.63) is 43.2 Å². The molecule has 0 fully saturated rings. The van der Waals surface area contributed by atoms with Gasteiger partial charge in [-0.05, 0) is 50.6 Å². The van der Waals surface area contributed by atoms with Crippen molar-refractivity contribution < 1.29 is 19.1 Å². The number of ether oxygens (including phenoxy) is 2. The Balaban J connectivity index is 2.87. The molecule has 0 unspecified atom stereocenters. The number of hydrogen-bond donors (Lipinski definition) is 0. The van der Waals surface area contributed by atoms with Crippen LogP contribution in [0.2, 0.25) is 0 Å². The Morgan fingerprint density at radius 1 is 0.913 bits per heavy atom. The topological polar surface area (TPSA) is 69.7 Å². The second kappa shape index (κ2) is 6.91.